The summed E-state index contributed by atoms with van der Waals surface area (Å²) in [6, 6.07) is 12.9. The third kappa shape index (κ3) is 5.49. The number of ether oxygens (including phenoxy) is 1. The lowest BCUT2D eigenvalue weighted by atomic mass is 10.2. The molecule has 178 valence electrons. The molecule has 11 heteroatoms. The van der Waals surface area contributed by atoms with Crippen LogP contribution < -0.4 is 10.1 Å². The third-order valence-corrected chi connectivity index (χ3v) is 7.31. The van der Waals surface area contributed by atoms with Crippen molar-refractivity contribution >= 4 is 21.4 Å². The summed E-state index contributed by atoms with van der Waals surface area (Å²) in [5.41, 5.74) is 0.589. The predicted octanol–water partition coefficient (Wildman–Crippen LogP) is 4.71. The van der Waals surface area contributed by atoms with Gasteiger partial charge in [0.05, 0.1) is 9.82 Å². The Hall–Kier alpha value is -3.57. The van der Waals surface area contributed by atoms with Gasteiger partial charge in [0.15, 0.2) is 0 Å². The molecule has 1 aliphatic heterocycles. The van der Waals surface area contributed by atoms with Gasteiger partial charge in [0.2, 0.25) is 15.9 Å². The maximum Gasteiger partial charge on any atom is 0.293 e. The number of benzene rings is 2. The van der Waals surface area contributed by atoms with E-state index in [1.54, 1.807) is 18.2 Å². The highest BCUT2D eigenvalue weighted by atomic mass is 32.2. The van der Waals surface area contributed by atoms with E-state index in [4.69, 9.17) is 4.74 Å². The van der Waals surface area contributed by atoms with Crippen molar-refractivity contribution in [3.63, 3.8) is 0 Å². The van der Waals surface area contributed by atoms with Crippen molar-refractivity contribution in [2.24, 2.45) is 0 Å². The molecule has 34 heavy (non-hydrogen) atoms. The van der Waals surface area contributed by atoms with Crippen molar-refractivity contribution in [1.82, 2.24) is 9.29 Å². The molecule has 0 radical (unpaired) electrons. The Bertz CT molecular complexity index is 1280. The molecule has 0 spiro atoms. The fourth-order valence-corrected chi connectivity index (χ4v) is 5.19. The van der Waals surface area contributed by atoms with E-state index in [1.165, 1.54) is 40.8 Å². The fourth-order valence-electron chi connectivity index (χ4n) is 3.65. The van der Waals surface area contributed by atoms with Gasteiger partial charge in [-0.1, -0.05) is 18.6 Å². The first-order valence-corrected chi connectivity index (χ1v) is 12.2. The average Bonchev–Trinajstić information content (AvgIpc) is 2.84. The molecule has 1 fully saturated rings. The lowest BCUT2D eigenvalue weighted by molar-refractivity contribution is -0.384. The Kier molecular flexibility index (Phi) is 7.03. The monoisotopic (exact) mass is 486 g/mol. The molecule has 0 atom stereocenters. The first-order chi connectivity index (χ1) is 16.3. The average molecular weight is 487 g/mol. The second kappa shape index (κ2) is 10.1. The minimum atomic E-state index is -3.78. The first kappa shape index (κ1) is 23.6. The summed E-state index contributed by atoms with van der Waals surface area (Å²) in [7, 11) is -3.78. The third-order valence-electron chi connectivity index (χ3n) is 5.42. The van der Waals surface area contributed by atoms with Gasteiger partial charge in [-0.05, 0) is 42.7 Å². The highest BCUT2D eigenvalue weighted by Crippen LogP contribution is 2.30. The molecule has 2 aromatic carbocycles. The van der Waals surface area contributed by atoms with Gasteiger partial charge in [-0.15, -0.1) is 0 Å². The van der Waals surface area contributed by atoms with Gasteiger partial charge in [-0.25, -0.2) is 17.8 Å². The van der Waals surface area contributed by atoms with Gasteiger partial charge in [-0.3, -0.25) is 10.1 Å². The van der Waals surface area contributed by atoms with Crippen molar-refractivity contribution in [2.45, 2.75) is 30.7 Å². The number of aromatic nitrogens is 1. The molecule has 1 aliphatic rings. The summed E-state index contributed by atoms with van der Waals surface area (Å²) in [4.78, 5) is 15.1. The summed E-state index contributed by atoms with van der Waals surface area (Å²) in [6.45, 7) is 1.05. The molecule has 9 nitrogen and oxygen atoms in total. The highest BCUT2D eigenvalue weighted by Gasteiger charge is 2.28. The normalized spacial score (nSPS) is 14.5. The lowest BCUT2D eigenvalue weighted by Gasteiger charge is -2.25. The van der Waals surface area contributed by atoms with Crippen LogP contribution in [-0.4, -0.2) is 35.7 Å². The van der Waals surface area contributed by atoms with Gasteiger partial charge >= 0.3 is 0 Å². The van der Waals surface area contributed by atoms with Crippen LogP contribution in [0.15, 0.2) is 65.7 Å². The quantitative estimate of drug-likeness (QED) is 0.362. The number of pyridine rings is 1. The van der Waals surface area contributed by atoms with Crippen LogP contribution in [0.5, 0.6) is 11.6 Å². The number of hydrogen-bond acceptors (Lipinski definition) is 7. The van der Waals surface area contributed by atoms with E-state index in [0.29, 0.717) is 24.4 Å². The highest BCUT2D eigenvalue weighted by molar-refractivity contribution is 7.89. The molecule has 4 rings (SSSR count). The Labute approximate surface area is 196 Å². The maximum atomic E-state index is 13.3. The van der Waals surface area contributed by atoms with Gasteiger partial charge in [0.1, 0.15) is 17.3 Å². The first-order valence-electron chi connectivity index (χ1n) is 10.7. The SMILES string of the molecule is O=[N+]([O-])c1cc(S(=O)(=O)N2CCCCC2)ccc1NCc1ccc(Oc2cccc(F)c2)nc1. The molecule has 1 saturated heterocycles. The van der Waals surface area contributed by atoms with Crippen LogP contribution in [0.25, 0.3) is 0 Å². The van der Waals surface area contributed by atoms with Crippen LogP contribution in [-0.2, 0) is 16.6 Å². The molecule has 0 aliphatic carbocycles. The van der Waals surface area contributed by atoms with E-state index in [9.17, 15) is 22.9 Å². The molecule has 3 aromatic rings. The molecule has 1 N–H and O–H groups in total. The van der Waals surface area contributed by atoms with Crippen LogP contribution in [0.3, 0.4) is 0 Å². The summed E-state index contributed by atoms with van der Waals surface area (Å²) in [6.07, 6.45) is 4.06. The largest absolute Gasteiger partial charge is 0.439 e. The number of piperidine rings is 1. The van der Waals surface area contributed by atoms with Gasteiger partial charge in [0, 0.05) is 44.0 Å². The predicted molar refractivity (Wildman–Crippen MR) is 124 cm³/mol. The number of rotatable bonds is 8. The molecule has 2 heterocycles. The van der Waals surface area contributed by atoms with Crippen molar-refractivity contribution in [1.29, 1.82) is 0 Å². The summed E-state index contributed by atoms with van der Waals surface area (Å²) >= 11 is 0. The number of anilines is 1. The Morgan fingerprint density at radius 1 is 1.09 bits per heavy atom. The van der Waals surface area contributed by atoms with Crippen LogP contribution in [0.4, 0.5) is 15.8 Å². The lowest BCUT2D eigenvalue weighted by Crippen LogP contribution is -2.35. The van der Waals surface area contributed by atoms with E-state index < -0.39 is 20.8 Å². The van der Waals surface area contributed by atoms with E-state index in [-0.39, 0.29) is 28.7 Å². The summed E-state index contributed by atoms with van der Waals surface area (Å²) in [5.74, 6) is 0.163. The van der Waals surface area contributed by atoms with Crippen molar-refractivity contribution in [3.05, 3.63) is 82.3 Å². The van der Waals surface area contributed by atoms with Crippen molar-refractivity contribution in [3.8, 4) is 11.6 Å². The zero-order valence-corrected chi connectivity index (χ0v) is 19.0. The Balaban J connectivity index is 1.45. The molecule has 0 bridgehead atoms. The topological polar surface area (TPSA) is 115 Å². The minimum absolute atomic E-state index is 0.0906. The molecular weight excluding hydrogens is 463 g/mol. The molecule has 1 aromatic heterocycles. The van der Waals surface area contributed by atoms with Crippen LogP contribution >= 0.6 is 0 Å². The van der Waals surface area contributed by atoms with E-state index in [0.717, 1.165) is 25.3 Å². The number of hydrogen-bond donors (Lipinski definition) is 1. The fraction of sp³-hybridized carbons (Fsp3) is 0.261. The van der Waals surface area contributed by atoms with Gasteiger partial charge in [-0.2, -0.15) is 4.31 Å². The molecule has 0 amide bonds. The number of nitro benzene ring substituents is 1. The number of halogens is 1. The van der Waals surface area contributed by atoms with E-state index >= 15 is 0 Å². The second-order valence-electron chi connectivity index (χ2n) is 7.82. The smallest absolute Gasteiger partial charge is 0.293 e. The number of sulfonamides is 1. The number of nitrogens with zero attached hydrogens (tertiary/aromatic N) is 3. The molecule has 0 unspecified atom stereocenters. The zero-order valence-electron chi connectivity index (χ0n) is 18.2. The second-order valence-corrected chi connectivity index (χ2v) is 9.76. The summed E-state index contributed by atoms with van der Waals surface area (Å²) in [5, 5.41) is 14.6. The van der Waals surface area contributed by atoms with Crippen LogP contribution in [0.1, 0.15) is 24.8 Å². The summed E-state index contributed by atoms with van der Waals surface area (Å²) < 4.78 is 45.9. The number of nitro groups is 1. The van der Waals surface area contributed by atoms with Gasteiger partial charge in [0.25, 0.3) is 5.69 Å². The Morgan fingerprint density at radius 2 is 1.88 bits per heavy atom. The van der Waals surface area contributed by atoms with Crippen molar-refractivity contribution in [2.75, 3.05) is 18.4 Å². The van der Waals surface area contributed by atoms with Gasteiger partial charge < -0.3 is 10.1 Å². The van der Waals surface area contributed by atoms with E-state index in [2.05, 4.69) is 10.3 Å². The molecule has 0 saturated carbocycles. The standard InChI is InChI=1S/C23H23FN4O5S/c24-18-5-4-6-19(13-18)33-23-10-7-17(16-26-23)15-25-21-9-8-20(14-22(21)28(29)30)34(31,32)27-11-2-1-3-12-27/h4-10,13-14,16,25H,1-3,11-12,15H2. The maximum absolute atomic E-state index is 13.3. The van der Waals surface area contributed by atoms with Crippen LogP contribution in [0.2, 0.25) is 0 Å². The van der Waals surface area contributed by atoms with Crippen molar-refractivity contribution < 1.29 is 22.5 Å². The van der Waals surface area contributed by atoms with Crippen LogP contribution in [0, 0.1) is 15.9 Å². The zero-order chi connectivity index (χ0) is 24.1. The number of nitrogens with one attached hydrogen (secondary N) is 1. The minimum Gasteiger partial charge on any atom is -0.439 e. The molecular formula is C23H23FN4O5S. The Morgan fingerprint density at radius 3 is 2.56 bits per heavy atom. The van der Waals surface area contributed by atoms with E-state index in [1.807, 2.05) is 0 Å².